The number of amides is 1. The Hall–Kier alpha value is -1.19. The van der Waals surface area contributed by atoms with Crippen molar-refractivity contribution in [3.8, 4) is 0 Å². The minimum Gasteiger partial charge on any atom is -0.379 e. The summed E-state index contributed by atoms with van der Waals surface area (Å²) in [5.41, 5.74) is 0.945. The summed E-state index contributed by atoms with van der Waals surface area (Å²) in [6.45, 7) is 7.15. The number of benzene rings is 1. The number of aryl methyl sites for hydroxylation is 1. The first-order valence-electron chi connectivity index (χ1n) is 9.10. The number of halogens is 1. The van der Waals surface area contributed by atoms with Gasteiger partial charge in [0.05, 0.1) is 18.1 Å². The Morgan fingerprint density at radius 3 is 2.44 bits per heavy atom. The summed E-state index contributed by atoms with van der Waals surface area (Å²) in [4.78, 5) is 12.2. The molecule has 1 atom stereocenters. The van der Waals surface area contributed by atoms with E-state index in [-0.39, 0.29) is 29.3 Å². The number of ether oxygens (including phenoxy) is 1. The number of rotatable bonds is 9. The number of hydrogen-bond donors (Lipinski definition) is 2. The predicted molar refractivity (Wildman–Crippen MR) is 108 cm³/mol. The number of hydrogen-bond acceptors (Lipinski definition) is 5. The molecular weight excluding hydrogens is 390 g/mol. The lowest BCUT2D eigenvalue weighted by Gasteiger charge is -2.26. The Morgan fingerprint density at radius 1 is 1.22 bits per heavy atom. The zero-order valence-electron chi connectivity index (χ0n) is 15.9. The van der Waals surface area contributed by atoms with Crippen LogP contribution < -0.4 is 10.6 Å². The normalized spacial score (nSPS) is 16.4. The van der Waals surface area contributed by atoms with Crippen LogP contribution in [0.5, 0.6) is 0 Å². The molecule has 0 radical (unpaired) electrons. The number of likely N-dealkylation sites (N-methyl/N-ethyl adjacent to an activating group) is 1. The molecule has 2 N–H and O–H groups in total. The molecular formula is C18H30ClN3O4S. The number of nitrogens with one attached hydrogen (secondary N) is 2. The molecule has 1 aromatic carbocycles. The van der Waals surface area contributed by atoms with Crippen molar-refractivity contribution in [3.63, 3.8) is 0 Å². The molecule has 1 aromatic rings. The Balaban J connectivity index is 0.00000364. The first-order valence-corrected chi connectivity index (χ1v) is 10.5. The summed E-state index contributed by atoms with van der Waals surface area (Å²) in [5, 5.41) is 6.14. The van der Waals surface area contributed by atoms with Crippen LogP contribution in [0.3, 0.4) is 0 Å². The van der Waals surface area contributed by atoms with Crippen molar-refractivity contribution in [1.82, 2.24) is 14.9 Å². The lowest BCUT2D eigenvalue weighted by atomic mass is 10.1. The minimum atomic E-state index is -3.47. The standard InChI is InChI=1S/C18H29N3O4S.ClH/c1-3-19-15(2)14-20-18(22)9-6-16-4-7-17(8-5-16)26(23,24)21-10-12-25-13-11-21;/h4-5,7-8,15,19H,3,6,9-14H2,1-2H3,(H,20,22);1H/t15-;/m1./s1. The molecule has 154 valence electrons. The summed E-state index contributed by atoms with van der Waals surface area (Å²) in [7, 11) is -3.47. The van der Waals surface area contributed by atoms with Crippen molar-refractivity contribution in [3.05, 3.63) is 29.8 Å². The van der Waals surface area contributed by atoms with E-state index in [1.807, 2.05) is 13.8 Å². The molecule has 0 aliphatic carbocycles. The number of carbonyl (C=O) groups is 1. The molecule has 1 saturated heterocycles. The Morgan fingerprint density at radius 2 is 1.85 bits per heavy atom. The molecule has 0 bridgehead atoms. The van der Waals surface area contributed by atoms with Gasteiger partial charge in [0.25, 0.3) is 0 Å². The molecule has 1 heterocycles. The van der Waals surface area contributed by atoms with Crippen molar-refractivity contribution in [2.45, 2.75) is 37.6 Å². The van der Waals surface area contributed by atoms with Gasteiger partial charge in [-0.15, -0.1) is 12.4 Å². The number of nitrogens with zero attached hydrogens (tertiary/aromatic N) is 1. The summed E-state index contributed by atoms with van der Waals surface area (Å²) in [6.07, 6.45) is 0.966. The maximum Gasteiger partial charge on any atom is 0.243 e. The molecule has 1 aliphatic rings. The highest BCUT2D eigenvalue weighted by Gasteiger charge is 2.26. The van der Waals surface area contributed by atoms with Gasteiger partial charge in [-0.3, -0.25) is 4.79 Å². The Bertz CT molecular complexity index is 676. The van der Waals surface area contributed by atoms with Crippen LogP contribution in [0.15, 0.2) is 29.2 Å². The van der Waals surface area contributed by atoms with Gasteiger partial charge < -0.3 is 15.4 Å². The van der Waals surface area contributed by atoms with Crippen molar-refractivity contribution >= 4 is 28.3 Å². The van der Waals surface area contributed by atoms with Crippen molar-refractivity contribution < 1.29 is 17.9 Å². The average Bonchev–Trinajstić information content (AvgIpc) is 2.66. The first kappa shape index (κ1) is 23.8. The summed E-state index contributed by atoms with van der Waals surface area (Å²) in [5.74, 6) is -0.000215. The van der Waals surface area contributed by atoms with E-state index in [0.717, 1.165) is 12.1 Å². The molecule has 7 nitrogen and oxygen atoms in total. The van der Waals surface area contributed by atoms with E-state index in [2.05, 4.69) is 10.6 Å². The maximum atomic E-state index is 12.6. The van der Waals surface area contributed by atoms with Gasteiger partial charge in [-0.1, -0.05) is 19.1 Å². The SMILES string of the molecule is CCN[C@H](C)CNC(=O)CCc1ccc(S(=O)(=O)N2CCOCC2)cc1.Cl. The van der Waals surface area contributed by atoms with Crippen LogP contribution in [0.1, 0.15) is 25.8 Å². The Labute approximate surface area is 168 Å². The second kappa shape index (κ2) is 11.6. The van der Waals surface area contributed by atoms with Gasteiger partial charge in [-0.2, -0.15) is 4.31 Å². The first-order chi connectivity index (χ1) is 12.4. The second-order valence-corrected chi connectivity index (χ2v) is 8.36. The third-order valence-electron chi connectivity index (χ3n) is 4.33. The molecule has 1 amide bonds. The molecule has 0 unspecified atom stereocenters. The van der Waals surface area contributed by atoms with E-state index in [1.165, 1.54) is 4.31 Å². The highest BCUT2D eigenvalue weighted by atomic mass is 35.5. The quantitative estimate of drug-likeness (QED) is 0.627. The topological polar surface area (TPSA) is 87.7 Å². The highest BCUT2D eigenvalue weighted by Crippen LogP contribution is 2.18. The van der Waals surface area contributed by atoms with Gasteiger partial charge in [0.2, 0.25) is 15.9 Å². The lowest BCUT2D eigenvalue weighted by Crippen LogP contribution is -2.40. The van der Waals surface area contributed by atoms with E-state index in [9.17, 15) is 13.2 Å². The molecule has 1 aliphatic heterocycles. The fraction of sp³-hybridized carbons (Fsp3) is 0.611. The van der Waals surface area contributed by atoms with Crippen LogP contribution in [0.25, 0.3) is 0 Å². The predicted octanol–water partition coefficient (Wildman–Crippen LogP) is 1.18. The largest absolute Gasteiger partial charge is 0.379 e. The van der Waals surface area contributed by atoms with Crippen LogP contribution in [0.4, 0.5) is 0 Å². The van der Waals surface area contributed by atoms with Crippen LogP contribution in [0.2, 0.25) is 0 Å². The van der Waals surface area contributed by atoms with Gasteiger partial charge in [0.1, 0.15) is 0 Å². The van der Waals surface area contributed by atoms with E-state index in [0.29, 0.717) is 45.7 Å². The van der Waals surface area contributed by atoms with Crippen molar-refractivity contribution in [1.29, 1.82) is 0 Å². The molecule has 0 aromatic heterocycles. The molecule has 27 heavy (non-hydrogen) atoms. The zero-order valence-corrected chi connectivity index (χ0v) is 17.6. The number of morpholine rings is 1. The van der Waals surface area contributed by atoms with Crippen LogP contribution in [-0.2, 0) is 26.0 Å². The number of carbonyl (C=O) groups excluding carboxylic acids is 1. The van der Waals surface area contributed by atoms with Gasteiger partial charge in [0.15, 0.2) is 0 Å². The number of sulfonamides is 1. The van der Waals surface area contributed by atoms with E-state index in [1.54, 1.807) is 24.3 Å². The van der Waals surface area contributed by atoms with Gasteiger partial charge in [-0.25, -0.2) is 8.42 Å². The third kappa shape index (κ3) is 7.38. The monoisotopic (exact) mass is 419 g/mol. The van der Waals surface area contributed by atoms with Gasteiger partial charge >= 0.3 is 0 Å². The maximum absolute atomic E-state index is 12.6. The molecule has 0 spiro atoms. The molecule has 9 heteroatoms. The smallest absolute Gasteiger partial charge is 0.243 e. The third-order valence-corrected chi connectivity index (χ3v) is 6.24. The van der Waals surface area contributed by atoms with Crippen molar-refractivity contribution in [2.24, 2.45) is 0 Å². The van der Waals surface area contributed by atoms with Gasteiger partial charge in [-0.05, 0) is 37.6 Å². The average molecular weight is 420 g/mol. The zero-order chi connectivity index (χ0) is 19.0. The van der Waals surface area contributed by atoms with E-state index >= 15 is 0 Å². The Kier molecular flexibility index (Phi) is 10.3. The molecule has 0 saturated carbocycles. The fourth-order valence-electron chi connectivity index (χ4n) is 2.80. The highest BCUT2D eigenvalue weighted by molar-refractivity contribution is 7.89. The summed E-state index contributed by atoms with van der Waals surface area (Å²) < 4.78 is 31.8. The summed E-state index contributed by atoms with van der Waals surface area (Å²) >= 11 is 0. The van der Waals surface area contributed by atoms with Crippen molar-refractivity contribution in [2.75, 3.05) is 39.4 Å². The second-order valence-electron chi connectivity index (χ2n) is 6.42. The molecule has 1 fully saturated rings. The molecule has 2 rings (SSSR count). The fourth-order valence-corrected chi connectivity index (χ4v) is 4.21. The van der Waals surface area contributed by atoms with Crippen LogP contribution >= 0.6 is 12.4 Å². The summed E-state index contributed by atoms with van der Waals surface area (Å²) in [6, 6.07) is 7.04. The minimum absolute atomic E-state index is 0. The van der Waals surface area contributed by atoms with E-state index in [4.69, 9.17) is 4.74 Å². The lowest BCUT2D eigenvalue weighted by molar-refractivity contribution is -0.121. The van der Waals surface area contributed by atoms with E-state index < -0.39 is 10.0 Å². The van der Waals surface area contributed by atoms with Gasteiger partial charge in [0, 0.05) is 32.1 Å². The van der Waals surface area contributed by atoms with Crippen LogP contribution in [-0.4, -0.2) is 64.1 Å². The van der Waals surface area contributed by atoms with Crippen LogP contribution in [0, 0.1) is 0 Å².